The third kappa shape index (κ3) is 3.05. The quantitative estimate of drug-likeness (QED) is 0.715. The van der Waals surface area contributed by atoms with Gasteiger partial charge in [0.25, 0.3) is 0 Å². The lowest BCUT2D eigenvalue weighted by molar-refractivity contribution is 0.201. The Morgan fingerprint density at radius 2 is 1.73 bits per heavy atom. The van der Waals surface area contributed by atoms with Gasteiger partial charge in [-0.15, -0.1) is 0 Å². The van der Waals surface area contributed by atoms with Crippen molar-refractivity contribution in [3.63, 3.8) is 0 Å². The molecule has 0 aliphatic carbocycles. The highest BCUT2D eigenvalue weighted by molar-refractivity contribution is 7.80. The maximum atomic E-state index is 5.62. The summed E-state index contributed by atoms with van der Waals surface area (Å²) in [6, 6.07) is 0. The van der Waals surface area contributed by atoms with Crippen molar-refractivity contribution in [2.45, 2.75) is 25.7 Å². The molecular weight excluding hydrogens is 206 g/mol. The van der Waals surface area contributed by atoms with Crippen LogP contribution in [0.4, 0.5) is 0 Å². The number of piperidine rings is 1. The minimum atomic E-state index is 0.578. The average Bonchev–Trinajstić information content (AvgIpc) is 2.71. The number of nitrogens with zero attached hydrogens (tertiary/aromatic N) is 2. The normalized spacial score (nSPS) is 24.7. The largest absolute Gasteiger partial charge is 0.376 e. The summed E-state index contributed by atoms with van der Waals surface area (Å²) in [5.41, 5.74) is 5.62. The highest BCUT2D eigenvalue weighted by atomic mass is 32.1. The van der Waals surface area contributed by atoms with Crippen molar-refractivity contribution in [1.29, 1.82) is 0 Å². The summed E-state index contributed by atoms with van der Waals surface area (Å²) in [6.07, 6.45) is 5.30. The molecule has 2 heterocycles. The van der Waals surface area contributed by atoms with Crippen molar-refractivity contribution in [3.05, 3.63) is 0 Å². The van der Waals surface area contributed by atoms with Crippen molar-refractivity contribution >= 4 is 17.3 Å². The monoisotopic (exact) mass is 227 g/mol. The summed E-state index contributed by atoms with van der Waals surface area (Å²) in [6.45, 7) is 6.05. The van der Waals surface area contributed by atoms with E-state index in [0.29, 0.717) is 5.11 Å². The highest BCUT2D eigenvalue weighted by Crippen LogP contribution is 2.20. The molecule has 4 heteroatoms. The Morgan fingerprint density at radius 3 is 2.27 bits per heavy atom. The number of hydrogen-bond acceptors (Lipinski definition) is 2. The molecule has 0 radical (unpaired) electrons. The van der Waals surface area contributed by atoms with Gasteiger partial charge < -0.3 is 15.5 Å². The van der Waals surface area contributed by atoms with Gasteiger partial charge in [-0.25, -0.2) is 0 Å². The van der Waals surface area contributed by atoms with Crippen LogP contribution in [0.2, 0.25) is 0 Å². The van der Waals surface area contributed by atoms with Gasteiger partial charge in [0.05, 0.1) is 0 Å². The van der Waals surface area contributed by atoms with E-state index in [4.69, 9.17) is 18.0 Å². The lowest BCUT2D eigenvalue weighted by Gasteiger charge is -2.34. The minimum Gasteiger partial charge on any atom is -0.376 e. The molecule has 0 unspecified atom stereocenters. The van der Waals surface area contributed by atoms with Gasteiger partial charge in [0.2, 0.25) is 0 Å². The van der Waals surface area contributed by atoms with Crippen LogP contribution in [0.5, 0.6) is 0 Å². The number of likely N-dealkylation sites (tertiary alicyclic amines) is 2. The molecule has 2 N–H and O–H groups in total. The van der Waals surface area contributed by atoms with Crippen molar-refractivity contribution < 1.29 is 0 Å². The van der Waals surface area contributed by atoms with Crippen molar-refractivity contribution in [2.24, 2.45) is 11.7 Å². The topological polar surface area (TPSA) is 32.5 Å². The van der Waals surface area contributed by atoms with E-state index in [1.165, 1.54) is 45.3 Å². The molecule has 0 spiro atoms. The Kier molecular flexibility index (Phi) is 3.81. The predicted octanol–water partition coefficient (Wildman–Crippen LogP) is 1.04. The van der Waals surface area contributed by atoms with Crippen LogP contribution in [0.25, 0.3) is 0 Å². The first-order valence-corrected chi connectivity index (χ1v) is 6.43. The lowest BCUT2D eigenvalue weighted by Crippen LogP contribution is -2.43. The summed E-state index contributed by atoms with van der Waals surface area (Å²) in [5.74, 6) is 0.869. The Bertz CT molecular complexity index is 218. The molecule has 2 aliphatic heterocycles. The second-order valence-electron chi connectivity index (χ2n) is 4.78. The number of thiocarbonyl (C=S) groups is 1. The summed E-state index contributed by atoms with van der Waals surface area (Å²) < 4.78 is 0. The maximum Gasteiger partial charge on any atom is 0.166 e. The van der Waals surface area contributed by atoms with Crippen molar-refractivity contribution in [2.75, 3.05) is 32.7 Å². The molecule has 0 amide bonds. The fourth-order valence-corrected chi connectivity index (χ4v) is 2.85. The first-order valence-electron chi connectivity index (χ1n) is 6.02. The number of nitrogens with two attached hydrogens (primary N) is 1. The fraction of sp³-hybridized carbons (Fsp3) is 0.909. The van der Waals surface area contributed by atoms with Crippen LogP contribution >= 0.6 is 12.2 Å². The van der Waals surface area contributed by atoms with Gasteiger partial charge in [-0.05, 0) is 56.9 Å². The van der Waals surface area contributed by atoms with Gasteiger partial charge in [0, 0.05) is 19.6 Å². The standard InChI is InChI=1S/C11H21N3S/c12-11(15)14-7-3-10(4-8-14)9-13-5-1-2-6-13/h10H,1-9H2,(H2,12,15). The smallest absolute Gasteiger partial charge is 0.166 e. The van der Waals surface area contributed by atoms with Crippen LogP contribution in [-0.2, 0) is 0 Å². The van der Waals surface area contributed by atoms with E-state index in [0.717, 1.165) is 19.0 Å². The van der Waals surface area contributed by atoms with Gasteiger partial charge in [-0.1, -0.05) is 0 Å². The van der Waals surface area contributed by atoms with Crippen molar-refractivity contribution in [1.82, 2.24) is 9.80 Å². The van der Waals surface area contributed by atoms with Crippen LogP contribution in [-0.4, -0.2) is 47.6 Å². The summed E-state index contributed by atoms with van der Waals surface area (Å²) in [5, 5.41) is 0.578. The molecule has 0 aromatic rings. The highest BCUT2D eigenvalue weighted by Gasteiger charge is 2.22. The van der Waals surface area contributed by atoms with Gasteiger partial charge in [-0.2, -0.15) is 0 Å². The van der Waals surface area contributed by atoms with Crippen LogP contribution in [0, 0.1) is 5.92 Å². The Balaban J connectivity index is 1.71. The van der Waals surface area contributed by atoms with E-state index in [2.05, 4.69) is 9.80 Å². The third-order valence-corrected chi connectivity index (χ3v) is 3.90. The second-order valence-corrected chi connectivity index (χ2v) is 5.19. The minimum absolute atomic E-state index is 0.578. The molecule has 0 atom stereocenters. The molecule has 86 valence electrons. The molecule has 0 aromatic heterocycles. The SMILES string of the molecule is NC(=S)N1CCC(CN2CCCC2)CC1. The van der Waals surface area contributed by atoms with E-state index < -0.39 is 0 Å². The van der Waals surface area contributed by atoms with Crippen LogP contribution in [0.15, 0.2) is 0 Å². The first kappa shape index (κ1) is 11.1. The zero-order valence-corrected chi connectivity index (χ0v) is 10.1. The molecule has 15 heavy (non-hydrogen) atoms. The van der Waals surface area contributed by atoms with E-state index in [1.54, 1.807) is 0 Å². The summed E-state index contributed by atoms with van der Waals surface area (Å²) in [7, 11) is 0. The van der Waals surface area contributed by atoms with Gasteiger partial charge in [0.1, 0.15) is 0 Å². The first-order chi connectivity index (χ1) is 7.25. The van der Waals surface area contributed by atoms with Crippen LogP contribution < -0.4 is 5.73 Å². The lowest BCUT2D eigenvalue weighted by atomic mass is 9.96. The summed E-state index contributed by atoms with van der Waals surface area (Å²) in [4.78, 5) is 4.75. The summed E-state index contributed by atoms with van der Waals surface area (Å²) >= 11 is 4.99. The van der Waals surface area contributed by atoms with Gasteiger partial charge in [0.15, 0.2) is 5.11 Å². The van der Waals surface area contributed by atoms with Crippen LogP contribution in [0.1, 0.15) is 25.7 Å². The Hall–Kier alpha value is -0.350. The predicted molar refractivity (Wildman–Crippen MR) is 66.8 cm³/mol. The zero-order chi connectivity index (χ0) is 10.7. The molecule has 2 rings (SSSR count). The molecule has 2 saturated heterocycles. The van der Waals surface area contributed by atoms with E-state index in [1.807, 2.05) is 0 Å². The molecular formula is C11H21N3S. The van der Waals surface area contributed by atoms with Crippen LogP contribution in [0.3, 0.4) is 0 Å². The maximum absolute atomic E-state index is 5.62. The van der Waals surface area contributed by atoms with E-state index in [9.17, 15) is 0 Å². The molecule has 0 aromatic carbocycles. The molecule has 2 fully saturated rings. The molecule has 0 saturated carbocycles. The van der Waals surface area contributed by atoms with E-state index in [-0.39, 0.29) is 0 Å². The Labute approximate surface area is 97.6 Å². The molecule has 2 aliphatic rings. The van der Waals surface area contributed by atoms with E-state index >= 15 is 0 Å². The average molecular weight is 227 g/mol. The Morgan fingerprint density at radius 1 is 1.13 bits per heavy atom. The second kappa shape index (κ2) is 5.12. The van der Waals surface area contributed by atoms with Gasteiger partial charge in [-0.3, -0.25) is 0 Å². The number of rotatable bonds is 2. The van der Waals surface area contributed by atoms with Crippen molar-refractivity contribution in [3.8, 4) is 0 Å². The molecule has 0 bridgehead atoms. The number of hydrogen-bond donors (Lipinski definition) is 1. The third-order valence-electron chi connectivity index (χ3n) is 3.64. The van der Waals surface area contributed by atoms with Gasteiger partial charge >= 0.3 is 0 Å². The zero-order valence-electron chi connectivity index (χ0n) is 9.32. The molecule has 3 nitrogen and oxygen atoms in total. The fourth-order valence-electron chi connectivity index (χ4n) is 2.67.